The number of benzene rings is 2. The van der Waals surface area contributed by atoms with Crippen LogP contribution in [0.5, 0.6) is 23.0 Å². The van der Waals surface area contributed by atoms with Crippen molar-refractivity contribution < 1.29 is 52.4 Å². The average Bonchev–Trinajstić information content (AvgIpc) is 1.90. The quantitative estimate of drug-likeness (QED) is 0.0265. The molecule has 2 saturated heterocycles. The van der Waals surface area contributed by atoms with Gasteiger partial charge in [0.25, 0.3) is 0 Å². The van der Waals surface area contributed by atoms with Crippen molar-refractivity contribution in [2.45, 2.75) is 142 Å². The van der Waals surface area contributed by atoms with Crippen molar-refractivity contribution in [2.75, 3.05) is 47.1 Å². The van der Waals surface area contributed by atoms with Crippen LogP contribution in [-0.4, -0.2) is 126 Å². The lowest BCUT2D eigenvalue weighted by molar-refractivity contribution is -0.152. The zero-order valence-corrected chi connectivity index (χ0v) is 53.5. The predicted molar refractivity (Wildman–Crippen MR) is 343 cm³/mol. The third kappa shape index (κ3) is 14.6. The summed E-state index contributed by atoms with van der Waals surface area (Å²) in [5, 5.41) is 13.7. The summed E-state index contributed by atoms with van der Waals surface area (Å²) in [6.45, 7) is 25.2. The lowest BCUT2D eigenvalue weighted by atomic mass is 9.92. The number of fused-ring (bicyclic) bond motifs is 2. The van der Waals surface area contributed by atoms with Crippen LogP contribution in [0.3, 0.4) is 0 Å². The van der Waals surface area contributed by atoms with Crippen LogP contribution < -0.4 is 29.6 Å². The maximum absolute atomic E-state index is 14.1. The summed E-state index contributed by atoms with van der Waals surface area (Å²) in [6.07, 6.45) is 10.4. The van der Waals surface area contributed by atoms with Crippen LogP contribution in [0.1, 0.15) is 129 Å². The lowest BCUT2D eigenvalue weighted by Crippen LogP contribution is -2.47. The van der Waals surface area contributed by atoms with Gasteiger partial charge in [0.2, 0.25) is 0 Å². The number of rotatable bonds is 28. The predicted octanol–water partition coefficient (Wildman–Crippen LogP) is 12.8. The molecule has 0 bridgehead atoms. The molecule has 88 heavy (non-hydrogen) atoms. The first kappa shape index (κ1) is 64.9. The molecule has 2 aliphatic heterocycles. The van der Waals surface area contributed by atoms with E-state index in [1.54, 1.807) is 56.5 Å². The third-order valence-electron chi connectivity index (χ3n) is 17.1. The monoisotopic (exact) mass is 1240 g/mol. The Morgan fingerprint density at radius 1 is 0.693 bits per heavy atom. The Kier molecular flexibility index (Phi) is 21.2. The number of hydrogen-bond acceptors (Lipinski definition) is 18. The second-order valence-corrected chi connectivity index (χ2v) is 25.5. The van der Waals surface area contributed by atoms with Crippen molar-refractivity contribution in [1.29, 1.82) is 0 Å². The minimum absolute atomic E-state index is 0.00696. The molecule has 0 unspecified atom stereocenters. The highest BCUT2D eigenvalue weighted by Gasteiger charge is 2.62. The van der Waals surface area contributed by atoms with Gasteiger partial charge in [-0.2, -0.15) is 0 Å². The number of aromatic nitrogens is 4. The van der Waals surface area contributed by atoms with E-state index in [4.69, 9.17) is 48.4 Å². The normalized spacial score (nSPS) is 22.6. The number of ether oxygens (including phenoxy) is 6. The zero-order chi connectivity index (χ0) is 62.9. The van der Waals surface area contributed by atoms with Crippen molar-refractivity contribution >= 4 is 74.0 Å². The number of likely N-dealkylation sites (tertiary alicyclic amines) is 1. The summed E-state index contributed by atoms with van der Waals surface area (Å²) >= 11 is 3.09. The number of pyridine rings is 2. The number of urea groups is 1. The first-order chi connectivity index (χ1) is 42.4. The first-order valence-electron chi connectivity index (χ1n) is 30.7. The van der Waals surface area contributed by atoms with Crippen LogP contribution in [0.2, 0.25) is 0 Å². The van der Waals surface area contributed by atoms with E-state index >= 15 is 0 Å². The van der Waals surface area contributed by atoms with Gasteiger partial charge >= 0.3 is 18.0 Å². The average molecular weight is 1240 g/mol. The Morgan fingerprint density at radius 3 is 1.68 bits per heavy atom. The smallest absolute Gasteiger partial charge is 0.318 e. The maximum atomic E-state index is 14.1. The number of carbonyl (C=O) groups is 5. The van der Waals surface area contributed by atoms with E-state index in [-0.39, 0.29) is 91.8 Å². The number of unbranched alkanes of at least 4 members (excludes halogenated alkanes) is 3. The van der Waals surface area contributed by atoms with Gasteiger partial charge in [-0.1, -0.05) is 52.3 Å². The van der Waals surface area contributed by atoms with Gasteiger partial charge in [-0.05, 0) is 93.9 Å². The zero-order valence-electron chi connectivity index (χ0n) is 51.9. The van der Waals surface area contributed by atoms with E-state index in [1.807, 2.05) is 60.0 Å². The number of esters is 2. The lowest BCUT2D eigenvalue weighted by Gasteiger charge is -2.25. The molecule has 20 heteroatoms. The van der Waals surface area contributed by atoms with Crippen molar-refractivity contribution in [2.24, 2.45) is 22.7 Å². The number of Topliss-reactive ketones (excluding diaryl/α,β-unsaturated/α-hetero) is 2. The maximum Gasteiger partial charge on any atom is 0.318 e. The Labute approximate surface area is 523 Å². The molecule has 2 aliphatic carbocycles. The fraction of sp³-hybridized carbons (Fsp3) is 0.485. The van der Waals surface area contributed by atoms with Gasteiger partial charge in [-0.3, -0.25) is 19.2 Å². The number of methoxy groups -OCH3 is 2. The Balaban J connectivity index is 0.000000215. The summed E-state index contributed by atoms with van der Waals surface area (Å²) in [5.41, 5.74) is 3.16. The molecule has 18 nitrogen and oxygen atoms in total. The van der Waals surface area contributed by atoms with Crippen molar-refractivity contribution in [3.8, 4) is 44.4 Å². The Morgan fingerprint density at radius 2 is 1.22 bits per heavy atom. The molecule has 4 fully saturated rings. The molecule has 6 aromatic rings. The highest BCUT2D eigenvalue weighted by Crippen LogP contribution is 2.58. The third-order valence-corrected chi connectivity index (χ3v) is 18.9. The van der Waals surface area contributed by atoms with Gasteiger partial charge in [-0.25, -0.2) is 24.7 Å². The largest absolute Gasteiger partial charge is 0.497 e. The minimum Gasteiger partial charge on any atom is -0.497 e. The second-order valence-electron chi connectivity index (χ2n) is 23.8. The van der Waals surface area contributed by atoms with Crippen LogP contribution in [-0.2, 0) is 28.7 Å². The van der Waals surface area contributed by atoms with Crippen molar-refractivity contribution in [1.82, 2.24) is 35.5 Å². The number of nitrogens with one attached hydrogen (secondary N) is 2. The molecule has 2 aromatic carbocycles. The van der Waals surface area contributed by atoms with Gasteiger partial charge < -0.3 is 44.0 Å². The molecule has 10 rings (SSSR count). The van der Waals surface area contributed by atoms with Gasteiger partial charge in [0.1, 0.15) is 56.6 Å². The van der Waals surface area contributed by atoms with Gasteiger partial charge in [0, 0.05) is 84.6 Å². The van der Waals surface area contributed by atoms with Crippen molar-refractivity contribution in [3.05, 3.63) is 109 Å². The molecule has 6 heterocycles. The van der Waals surface area contributed by atoms with Crippen LogP contribution in [0.15, 0.2) is 97.3 Å². The molecule has 2 N–H and O–H groups in total. The number of carbonyl (C=O) groups excluding carboxylic acids is 5. The number of amides is 2. The SMILES string of the molecule is C=CCCCCCNC(=O)N1C[C@H](Oc2cc(-c3nc(C(C)C)cs3)nc3cc(OC)ccc23)C[C@H]1C(=O)C[C@]1(C(=O)OCC)C[C@H]1C=C.C=C[C@@H]1C[C@]1(CC(=O)[C@@H]1C[C@@H](Oc2cc(-c3nc(C(C)C)cs3)nc3cc(OC)ccc23)CN1)C(=O)OCC. The molecule has 4 aliphatic rings. The first-order valence-corrected chi connectivity index (χ1v) is 32.4. The molecule has 468 valence electrons. The van der Waals surface area contributed by atoms with Crippen molar-refractivity contribution in [3.63, 3.8) is 0 Å². The molecular weight excluding hydrogens is 1150 g/mol. The van der Waals surface area contributed by atoms with Crippen LogP contribution >= 0.6 is 22.7 Å². The number of thiazole rings is 2. The molecule has 0 radical (unpaired) electrons. The molecular formula is C68H83N7O11S2. The Hall–Kier alpha value is -7.55. The minimum atomic E-state index is -0.932. The van der Waals surface area contributed by atoms with E-state index < -0.39 is 23.0 Å². The van der Waals surface area contributed by atoms with Crippen LogP contribution in [0.25, 0.3) is 43.2 Å². The van der Waals surface area contributed by atoms with Gasteiger partial charge in [0.05, 0.1) is 79.3 Å². The molecule has 4 aromatic heterocycles. The van der Waals surface area contributed by atoms with Crippen LogP contribution in [0.4, 0.5) is 4.79 Å². The summed E-state index contributed by atoms with van der Waals surface area (Å²) < 4.78 is 34.8. The fourth-order valence-electron chi connectivity index (χ4n) is 11.8. The fourth-order valence-corrected chi connectivity index (χ4v) is 13.7. The number of hydrogen-bond donors (Lipinski definition) is 2. The van der Waals surface area contributed by atoms with E-state index in [1.165, 1.54) is 11.3 Å². The van der Waals surface area contributed by atoms with Gasteiger partial charge in [0.15, 0.2) is 11.6 Å². The summed E-state index contributed by atoms with van der Waals surface area (Å²) in [7, 11) is 3.24. The highest BCUT2D eigenvalue weighted by atomic mass is 32.1. The standard InChI is InChI=1S/C38H48N4O6S.C30H35N3O5S/c1-7-10-11-12-13-16-39-37(45)42-22-27(18-32(42)33(43)21-38(20-25(38)8-2)36(44)47-9-3)48-34-19-30(35-41-31(23-49-35)24(4)5)40-29-17-26(46-6)14-15-28(29)34;1-6-18-13-30(18,29(35)37-7-2)14-26(34)23-11-20(15-31-23)38-27-12-24(28-33-25(16-39-28)17(3)4)32-22-10-19(36-5)8-9-21(22)27/h7-8,14-15,17,19,23-25,27,32H,1-2,9-13,16,18,20-22H2,3-6H3,(H,39,45);6,8-10,12,16-18,20,23,31H,1,7,11,13-15H2,2-5H3/t25-,27-,32+,38-;18-,20-,23+,30-/m11/s1. The number of nitrogens with zero attached hydrogens (tertiary/aromatic N) is 5. The van der Waals surface area contributed by atoms with E-state index in [0.29, 0.717) is 79.1 Å². The summed E-state index contributed by atoms with van der Waals surface area (Å²) in [5.74, 6) is 2.23. The van der Waals surface area contributed by atoms with E-state index in [0.717, 1.165) is 69.1 Å². The molecule has 2 amide bonds. The van der Waals surface area contributed by atoms with E-state index in [2.05, 4.69) is 63.4 Å². The molecule has 0 spiro atoms. The number of ketones is 2. The summed E-state index contributed by atoms with van der Waals surface area (Å²) in [6, 6.07) is 13.7. The Bertz CT molecular complexity index is 3550. The number of allylic oxidation sites excluding steroid dienone is 3. The van der Waals surface area contributed by atoms with Gasteiger partial charge in [-0.15, -0.1) is 42.4 Å². The van der Waals surface area contributed by atoms with Crippen LogP contribution in [0, 0.1) is 22.7 Å². The molecule has 8 atom stereocenters. The second kappa shape index (κ2) is 28.7. The molecule has 2 saturated carbocycles. The topological polar surface area (TPSA) is 220 Å². The van der Waals surface area contributed by atoms with E-state index in [9.17, 15) is 24.0 Å². The highest BCUT2D eigenvalue weighted by molar-refractivity contribution is 7.13. The summed E-state index contributed by atoms with van der Waals surface area (Å²) in [4.78, 5) is 87.5.